The van der Waals surface area contributed by atoms with Crippen molar-refractivity contribution in [2.24, 2.45) is 16.7 Å². The zero-order valence-corrected chi connectivity index (χ0v) is 15.2. The van der Waals surface area contributed by atoms with E-state index >= 15 is 0 Å². The van der Waals surface area contributed by atoms with Crippen molar-refractivity contribution in [1.29, 1.82) is 0 Å². The molecule has 0 radical (unpaired) electrons. The van der Waals surface area contributed by atoms with Crippen molar-refractivity contribution < 1.29 is 19.0 Å². The molecule has 0 unspecified atom stereocenters. The molecule has 2 aliphatic carbocycles. The SMILES string of the molecule is COCCOCCOCCC(=O)N[C@@H]1C[C@H]2CC[C@@]1(C)C2(C)C. The van der Waals surface area contributed by atoms with Crippen LogP contribution >= 0.6 is 0 Å². The molecule has 3 atom stereocenters. The second-order valence-electron chi connectivity index (χ2n) is 7.70. The van der Waals surface area contributed by atoms with Gasteiger partial charge in [0.25, 0.3) is 0 Å². The van der Waals surface area contributed by atoms with Crippen molar-refractivity contribution in [1.82, 2.24) is 5.32 Å². The minimum Gasteiger partial charge on any atom is -0.382 e. The number of hydrogen-bond acceptors (Lipinski definition) is 4. The normalized spacial score (nSPS) is 31.5. The number of rotatable bonds is 10. The summed E-state index contributed by atoms with van der Waals surface area (Å²) >= 11 is 0. The Labute approximate surface area is 140 Å². The fraction of sp³-hybridized carbons (Fsp3) is 0.944. The van der Waals surface area contributed by atoms with Gasteiger partial charge in [0.15, 0.2) is 0 Å². The molecule has 5 nitrogen and oxygen atoms in total. The van der Waals surface area contributed by atoms with Crippen molar-refractivity contribution in [3.05, 3.63) is 0 Å². The number of methoxy groups -OCH3 is 1. The van der Waals surface area contributed by atoms with Crippen molar-refractivity contribution >= 4 is 5.91 Å². The second kappa shape index (κ2) is 7.95. The van der Waals surface area contributed by atoms with Gasteiger partial charge in [-0.15, -0.1) is 0 Å². The van der Waals surface area contributed by atoms with Crippen LogP contribution in [0.25, 0.3) is 0 Å². The Hall–Kier alpha value is -0.650. The summed E-state index contributed by atoms with van der Waals surface area (Å²) in [5, 5.41) is 3.26. The number of amides is 1. The third-order valence-electron chi connectivity index (χ3n) is 6.41. The zero-order valence-electron chi connectivity index (χ0n) is 15.2. The van der Waals surface area contributed by atoms with Crippen LogP contribution < -0.4 is 5.32 Å². The van der Waals surface area contributed by atoms with Gasteiger partial charge in [-0.25, -0.2) is 0 Å². The Morgan fingerprint density at radius 3 is 2.30 bits per heavy atom. The molecule has 5 heteroatoms. The smallest absolute Gasteiger partial charge is 0.222 e. The Kier molecular flexibility index (Phi) is 6.46. The average Bonchev–Trinajstić information content (AvgIpc) is 2.83. The van der Waals surface area contributed by atoms with Crippen LogP contribution in [-0.4, -0.2) is 52.1 Å². The van der Waals surface area contributed by atoms with Crippen molar-refractivity contribution in [3.8, 4) is 0 Å². The second-order valence-corrected chi connectivity index (χ2v) is 7.70. The van der Waals surface area contributed by atoms with Crippen LogP contribution in [0.2, 0.25) is 0 Å². The van der Waals surface area contributed by atoms with Gasteiger partial charge in [0.2, 0.25) is 5.91 Å². The number of carbonyl (C=O) groups excluding carboxylic acids is 1. The first-order valence-electron chi connectivity index (χ1n) is 8.85. The van der Waals surface area contributed by atoms with E-state index in [-0.39, 0.29) is 11.3 Å². The fourth-order valence-corrected chi connectivity index (χ4v) is 4.32. The van der Waals surface area contributed by atoms with E-state index < -0.39 is 0 Å². The maximum atomic E-state index is 12.2. The molecule has 23 heavy (non-hydrogen) atoms. The van der Waals surface area contributed by atoms with E-state index in [0.717, 1.165) is 12.3 Å². The fourth-order valence-electron chi connectivity index (χ4n) is 4.32. The van der Waals surface area contributed by atoms with Crippen LogP contribution in [0.5, 0.6) is 0 Å². The van der Waals surface area contributed by atoms with Crippen LogP contribution in [0.4, 0.5) is 0 Å². The van der Waals surface area contributed by atoms with E-state index in [1.165, 1.54) is 12.8 Å². The van der Waals surface area contributed by atoms with E-state index in [0.29, 0.717) is 50.9 Å². The van der Waals surface area contributed by atoms with Crippen LogP contribution in [0.3, 0.4) is 0 Å². The number of carbonyl (C=O) groups is 1. The van der Waals surface area contributed by atoms with Crippen molar-refractivity contribution in [2.75, 3.05) is 40.1 Å². The Morgan fingerprint density at radius 2 is 1.74 bits per heavy atom. The Balaban J connectivity index is 1.59. The number of fused-ring (bicyclic) bond motifs is 2. The highest BCUT2D eigenvalue weighted by atomic mass is 16.5. The zero-order chi connectivity index (χ0) is 16.9. The average molecular weight is 327 g/mol. The minimum absolute atomic E-state index is 0.111. The quantitative estimate of drug-likeness (QED) is 0.626. The Morgan fingerprint density at radius 1 is 1.09 bits per heavy atom. The maximum Gasteiger partial charge on any atom is 0.222 e. The molecule has 0 aliphatic heterocycles. The summed E-state index contributed by atoms with van der Waals surface area (Å²) in [6.07, 6.45) is 4.09. The predicted molar refractivity (Wildman–Crippen MR) is 89.3 cm³/mol. The van der Waals surface area contributed by atoms with Crippen LogP contribution in [0, 0.1) is 16.7 Å². The van der Waals surface area contributed by atoms with E-state index in [1.54, 1.807) is 7.11 Å². The molecule has 2 bridgehead atoms. The Bertz CT molecular complexity index is 398. The molecule has 0 spiro atoms. The van der Waals surface area contributed by atoms with Gasteiger partial charge in [0.1, 0.15) is 0 Å². The largest absolute Gasteiger partial charge is 0.382 e. The van der Waals surface area contributed by atoms with Gasteiger partial charge in [-0.05, 0) is 36.0 Å². The summed E-state index contributed by atoms with van der Waals surface area (Å²) in [5.41, 5.74) is 0.574. The van der Waals surface area contributed by atoms with Gasteiger partial charge in [0.05, 0.1) is 33.0 Å². The summed E-state index contributed by atoms with van der Waals surface area (Å²) in [6, 6.07) is 0.320. The molecule has 0 aromatic heterocycles. The van der Waals surface area contributed by atoms with Gasteiger partial charge < -0.3 is 19.5 Å². The summed E-state index contributed by atoms with van der Waals surface area (Å²) in [4.78, 5) is 12.2. The summed E-state index contributed by atoms with van der Waals surface area (Å²) in [7, 11) is 1.65. The van der Waals surface area contributed by atoms with Gasteiger partial charge in [-0.1, -0.05) is 20.8 Å². The van der Waals surface area contributed by atoms with E-state index in [9.17, 15) is 4.79 Å². The minimum atomic E-state index is 0.111. The molecular weight excluding hydrogens is 294 g/mol. The first-order valence-corrected chi connectivity index (χ1v) is 8.85. The van der Waals surface area contributed by atoms with E-state index in [4.69, 9.17) is 14.2 Å². The molecular formula is C18H33NO4. The first kappa shape index (κ1) is 18.7. The van der Waals surface area contributed by atoms with Gasteiger partial charge in [-0.3, -0.25) is 4.79 Å². The molecule has 0 saturated heterocycles. The molecule has 134 valence electrons. The standard InChI is InChI=1S/C18H33NO4/c1-17(2)14-5-7-18(17,3)15(13-14)19-16(20)6-8-22-11-12-23-10-9-21-4/h14-15H,5-13H2,1-4H3,(H,19,20)/t14-,15-,18-/m1/s1. The monoisotopic (exact) mass is 327 g/mol. The molecule has 2 fully saturated rings. The van der Waals surface area contributed by atoms with Gasteiger partial charge in [-0.2, -0.15) is 0 Å². The lowest BCUT2D eigenvalue weighted by Gasteiger charge is -2.39. The van der Waals surface area contributed by atoms with Crippen LogP contribution in [0.15, 0.2) is 0 Å². The lowest BCUT2D eigenvalue weighted by atomic mass is 9.69. The van der Waals surface area contributed by atoms with Gasteiger partial charge >= 0.3 is 0 Å². The lowest BCUT2D eigenvalue weighted by molar-refractivity contribution is -0.124. The molecule has 1 N–H and O–H groups in total. The summed E-state index contributed by atoms with van der Waals surface area (Å²) in [6.45, 7) is 9.77. The van der Waals surface area contributed by atoms with Crippen LogP contribution in [0.1, 0.15) is 46.5 Å². The highest BCUT2D eigenvalue weighted by Crippen LogP contribution is 2.65. The lowest BCUT2D eigenvalue weighted by Crippen LogP contribution is -2.47. The maximum absolute atomic E-state index is 12.2. The molecule has 2 aliphatic rings. The number of hydrogen-bond donors (Lipinski definition) is 1. The topological polar surface area (TPSA) is 56.8 Å². The molecule has 1 amide bonds. The molecule has 2 saturated carbocycles. The third-order valence-corrected chi connectivity index (χ3v) is 6.41. The highest BCUT2D eigenvalue weighted by Gasteiger charge is 2.61. The molecule has 0 aromatic rings. The first-order chi connectivity index (χ1) is 10.9. The molecule has 2 rings (SSSR count). The van der Waals surface area contributed by atoms with Crippen molar-refractivity contribution in [3.63, 3.8) is 0 Å². The summed E-state index contributed by atoms with van der Waals surface area (Å²) < 4.78 is 15.6. The van der Waals surface area contributed by atoms with E-state index in [1.807, 2.05) is 0 Å². The number of nitrogens with one attached hydrogen (secondary N) is 1. The van der Waals surface area contributed by atoms with Crippen molar-refractivity contribution in [2.45, 2.75) is 52.5 Å². The third kappa shape index (κ3) is 4.06. The summed E-state index contributed by atoms with van der Waals surface area (Å²) in [5.74, 6) is 0.859. The van der Waals surface area contributed by atoms with Gasteiger partial charge in [0, 0.05) is 19.6 Å². The van der Waals surface area contributed by atoms with Crippen LogP contribution in [-0.2, 0) is 19.0 Å². The number of ether oxygens (including phenoxy) is 3. The highest BCUT2D eigenvalue weighted by molar-refractivity contribution is 5.76. The molecule has 0 aromatic carbocycles. The predicted octanol–water partition coefficient (Wildman–Crippen LogP) is 2.39. The van der Waals surface area contributed by atoms with E-state index in [2.05, 4.69) is 26.1 Å². The molecule has 0 heterocycles.